The van der Waals surface area contributed by atoms with Gasteiger partial charge < -0.3 is 6.15 Å². The summed E-state index contributed by atoms with van der Waals surface area (Å²) in [6.45, 7) is 45.2. The van der Waals surface area contributed by atoms with E-state index in [1.807, 2.05) is 40.7 Å². The second-order valence-corrected chi connectivity index (χ2v) is 10.2. The first-order chi connectivity index (χ1) is 21.0. The number of carbonyl (C=O) groups is 1. The normalized spacial score (nSPS) is 13.9. The summed E-state index contributed by atoms with van der Waals surface area (Å²) in [7, 11) is 0. The number of hydrogen-bond acceptors (Lipinski definition) is 2. The van der Waals surface area contributed by atoms with Gasteiger partial charge in [0.05, 0.1) is 0 Å². The standard InChI is InChI=1S/C32H36O.C3H8.2C2H6.2C2H4.H3N/c1-9-29(24(6)16-27-12-10-11-20(2)13-14-27)31-18-28(25(7)26(31)8)19-32(33)30-17-22(4)21(3)15-23(30)5;1-3-2;4*1-2;/h11-15,17-18,25H,1,6,10,16,19H2,2-5,7-8H3;3H2,1-2H3;2*1-2H3;2*1-2H2;1H3. The SMILES string of the molecule is C=C.C=C.C=C=C(C(=C)CC1=CCC=C(C)C=C1)C1=C(C)C(C)C(CC(=O)c2cc(C)c(C)cc2C)=C1.CC.CC.CCC.N. The minimum Gasteiger partial charge on any atom is -0.344 e. The van der Waals surface area contributed by atoms with E-state index in [0.717, 1.165) is 51.8 Å². The van der Waals surface area contributed by atoms with Gasteiger partial charge in [0.15, 0.2) is 5.78 Å². The van der Waals surface area contributed by atoms with Gasteiger partial charge in [0.2, 0.25) is 0 Å². The van der Waals surface area contributed by atoms with Crippen molar-refractivity contribution in [2.75, 3.05) is 0 Å². The Hall–Kier alpha value is -3.71. The van der Waals surface area contributed by atoms with E-state index in [-0.39, 0.29) is 17.9 Å². The van der Waals surface area contributed by atoms with E-state index < -0.39 is 0 Å². The van der Waals surface area contributed by atoms with Gasteiger partial charge in [-0.25, -0.2) is 0 Å². The summed E-state index contributed by atoms with van der Waals surface area (Å²) in [5.74, 6) is 0.401. The first kappa shape index (κ1) is 48.2. The van der Waals surface area contributed by atoms with Crippen LogP contribution in [0.2, 0.25) is 0 Å². The summed E-state index contributed by atoms with van der Waals surface area (Å²) in [6.07, 6.45) is 14.4. The zero-order chi connectivity index (χ0) is 35.0. The fourth-order valence-corrected chi connectivity index (χ4v) is 4.60. The van der Waals surface area contributed by atoms with Crippen molar-refractivity contribution >= 4 is 5.78 Å². The van der Waals surface area contributed by atoms with Crippen molar-refractivity contribution < 1.29 is 4.79 Å². The zero-order valence-corrected chi connectivity index (χ0v) is 31.3. The molecule has 1 aromatic rings. The lowest BCUT2D eigenvalue weighted by Gasteiger charge is -2.14. The van der Waals surface area contributed by atoms with Crippen LogP contribution in [0.1, 0.15) is 115 Å². The third-order valence-corrected chi connectivity index (χ3v) is 7.06. The second kappa shape index (κ2) is 27.8. The van der Waals surface area contributed by atoms with E-state index in [4.69, 9.17) is 0 Å². The molecule has 3 rings (SSSR count). The number of Topliss-reactive ketones (excluding diaryl/α,β-unsaturated/α-hetero) is 1. The van der Waals surface area contributed by atoms with Crippen LogP contribution in [-0.2, 0) is 0 Å². The summed E-state index contributed by atoms with van der Waals surface area (Å²) < 4.78 is 0. The average molecular weight is 614 g/mol. The van der Waals surface area contributed by atoms with Gasteiger partial charge in [0.1, 0.15) is 0 Å². The Balaban J connectivity index is -0.000000627. The van der Waals surface area contributed by atoms with Gasteiger partial charge in [-0.3, -0.25) is 4.79 Å². The summed E-state index contributed by atoms with van der Waals surface area (Å²) >= 11 is 0. The van der Waals surface area contributed by atoms with Gasteiger partial charge >= 0.3 is 0 Å². The van der Waals surface area contributed by atoms with Crippen LogP contribution in [0.3, 0.4) is 0 Å². The molecule has 0 saturated heterocycles. The fraction of sp³-hybridized carbons (Fsp3) is 0.395. The van der Waals surface area contributed by atoms with Gasteiger partial charge in [-0.1, -0.05) is 121 Å². The predicted molar refractivity (Wildman–Crippen MR) is 208 cm³/mol. The molecule has 0 heterocycles. The maximum atomic E-state index is 13.2. The fourth-order valence-electron chi connectivity index (χ4n) is 4.60. The molecule has 0 saturated carbocycles. The molecule has 1 aromatic carbocycles. The lowest BCUT2D eigenvalue weighted by molar-refractivity contribution is 0.0990. The summed E-state index contributed by atoms with van der Waals surface area (Å²) in [5.41, 5.74) is 15.5. The van der Waals surface area contributed by atoms with Gasteiger partial charge in [0.25, 0.3) is 0 Å². The Kier molecular flexibility index (Phi) is 29.8. The van der Waals surface area contributed by atoms with E-state index in [0.29, 0.717) is 6.42 Å². The van der Waals surface area contributed by atoms with Crippen molar-refractivity contribution in [1.82, 2.24) is 6.15 Å². The quantitative estimate of drug-likeness (QED) is 0.144. The largest absolute Gasteiger partial charge is 0.344 e. The number of benzene rings is 1. The van der Waals surface area contributed by atoms with Crippen LogP contribution in [0.5, 0.6) is 0 Å². The smallest absolute Gasteiger partial charge is 0.167 e. The van der Waals surface area contributed by atoms with Crippen LogP contribution in [0.4, 0.5) is 0 Å². The molecule has 2 aliphatic rings. The number of rotatable bonds is 7. The van der Waals surface area contributed by atoms with E-state index in [2.05, 4.69) is 130 Å². The highest BCUT2D eigenvalue weighted by Gasteiger charge is 2.26. The molecule has 2 aliphatic carbocycles. The third kappa shape index (κ3) is 15.7. The number of carbonyl (C=O) groups excluding carboxylic acids is 1. The Morgan fingerprint density at radius 2 is 1.36 bits per heavy atom. The van der Waals surface area contributed by atoms with Crippen LogP contribution in [0.15, 0.2) is 127 Å². The molecule has 0 spiro atoms. The molecule has 250 valence electrons. The molecule has 1 atom stereocenters. The lowest BCUT2D eigenvalue weighted by atomic mass is 9.90. The summed E-state index contributed by atoms with van der Waals surface area (Å²) in [4.78, 5) is 13.2. The first-order valence-electron chi connectivity index (χ1n) is 16.2. The molecule has 45 heavy (non-hydrogen) atoms. The highest BCUT2D eigenvalue weighted by Crippen LogP contribution is 2.39. The van der Waals surface area contributed by atoms with Gasteiger partial charge in [-0.05, 0) is 92.9 Å². The number of aryl methyl sites for hydroxylation is 3. The summed E-state index contributed by atoms with van der Waals surface area (Å²) in [6, 6.07) is 4.15. The van der Waals surface area contributed by atoms with E-state index in [1.54, 1.807) is 0 Å². The van der Waals surface area contributed by atoms with Crippen LogP contribution >= 0.6 is 0 Å². The first-order valence-corrected chi connectivity index (χ1v) is 16.2. The molecule has 0 bridgehead atoms. The monoisotopic (exact) mass is 614 g/mol. The molecule has 0 aromatic heterocycles. The number of allylic oxidation sites excluding steroid dienone is 12. The topological polar surface area (TPSA) is 52.1 Å². The van der Waals surface area contributed by atoms with Gasteiger partial charge in [-0.2, -0.15) is 0 Å². The van der Waals surface area contributed by atoms with Crippen LogP contribution in [-0.4, -0.2) is 5.78 Å². The molecule has 2 nitrogen and oxygen atoms in total. The van der Waals surface area contributed by atoms with Crippen molar-refractivity contribution in [3.05, 3.63) is 149 Å². The Morgan fingerprint density at radius 1 is 0.844 bits per heavy atom. The van der Waals surface area contributed by atoms with Crippen molar-refractivity contribution in [2.45, 2.75) is 109 Å². The predicted octanol–water partition coefficient (Wildman–Crippen LogP) is 13.8. The maximum Gasteiger partial charge on any atom is 0.167 e. The minimum atomic E-state index is 0. The molecule has 1 unspecified atom stereocenters. The lowest BCUT2D eigenvalue weighted by Crippen LogP contribution is -2.07. The molecule has 3 N–H and O–H groups in total. The van der Waals surface area contributed by atoms with Crippen LogP contribution in [0.25, 0.3) is 0 Å². The van der Waals surface area contributed by atoms with Gasteiger partial charge in [-0.15, -0.1) is 32.0 Å². The van der Waals surface area contributed by atoms with Crippen molar-refractivity contribution in [3.8, 4) is 0 Å². The van der Waals surface area contributed by atoms with Crippen molar-refractivity contribution in [2.24, 2.45) is 5.92 Å². The molecule has 0 radical (unpaired) electrons. The van der Waals surface area contributed by atoms with E-state index in [1.165, 1.54) is 28.7 Å². The number of ketones is 1. The minimum absolute atomic E-state index is 0. The van der Waals surface area contributed by atoms with Gasteiger partial charge in [0, 0.05) is 17.6 Å². The second-order valence-electron chi connectivity index (χ2n) is 10.2. The molecular formula is C43H67NO. The van der Waals surface area contributed by atoms with Crippen molar-refractivity contribution in [1.29, 1.82) is 0 Å². The highest BCUT2D eigenvalue weighted by molar-refractivity contribution is 5.99. The Labute approximate surface area is 279 Å². The molecule has 2 heteroatoms. The zero-order valence-electron chi connectivity index (χ0n) is 31.3. The third-order valence-electron chi connectivity index (χ3n) is 7.06. The maximum absolute atomic E-state index is 13.2. The molecule has 0 fully saturated rings. The Morgan fingerprint density at radius 3 is 1.87 bits per heavy atom. The molecule has 0 amide bonds. The average Bonchev–Trinajstić information content (AvgIpc) is 3.16. The van der Waals surface area contributed by atoms with E-state index >= 15 is 0 Å². The number of hydrogen-bond donors (Lipinski definition) is 1. The summed E-state index contributed by atoms with van der Waals surface area (Å²) in [5, 5.41) is 0. The Bertz CT molecular complexity index is 1270. The van der Waals surface area contributed by atoms with Crippen molar-refractivity contribution in [3.63, 3.8) is 0 Å². The highest BCUT2D eigenvalue weighted by atomic mass is 16.1. The van der Waals surface area contributed by atoms with Crippen LogP contribution in [0, 0.1) is 26.7 Å². The van der Waals surface area contributed by atoms with Crippen LogP contribution < -0.4 is 6.15 Å². The molecular weight excluding hydrogens is 546 g/mol. The van der Waals surface area contributed by atoms with E-state index in [9.17, 15) is 4.79 Å². The molecule has 0 aliphatic heterocycles.